The number of ether oxygens (including phenoxy) is 1. The van der Waals surface area contributed by atoms with Crippen LogP contribution in [0.5, 0.6) is 0 Å². The zero-order chi connectivity index (χ0) is 17.1. The molecule has 2 aliphatic carbocycles. The lowest BCUT2D eigenvalue weighted by atomic mass is 9.89. The number of carbonyl (C=O) groups excluding carboxylic acids is 1. The maximum atomic E-state index is 11.4. The van der Waals surface area contributed by atoms with Gasteiger partial charge >= 0.3 is 5.97 Å². The monoisotopic (exact) mass is 322 g/mol. The van der Waals surface area contributed by atoms with Gasteiger partial charge in [-0.3, -0.25) is 0 Å². The van der Waals surface area contributed by atoms with E-state index in [1.54, 1.807) is 11.1 Å². The van der Waals surface area contributed by atoms with Crippen LogP contribution in [0.15, 0.2) is 48.1 Å². The van der Waals surface area contributed by atoms with Gasteiger partial charge in [0.05, 0.1) is 6.61 Å². The van der Waals surface area contributed by atoms with Crippen molar-refractivity contribution < 1.29 is 9.53 Å². The molecule has 0 spiro atoms. The van der Waals surface area contributed by atoms with Crippen LogP contribution in [-0.4, -0.2) is 12.6 Å². The second-order valence-electron chi connectivity index (χ2n) is 6.90. The Balaban J connectivity index is 1.69. The highest BCUT2D eigenvalue weighted by Gasteiger charge is 2.36. The van der Waals surface area contributed by atoms with Crippen LogP contribution in [0.2, 0.25) is 0 Å². The van der Waals surface area contributed by atoms with E-state index in [4.69, 9.17) is 4.74 Å². The minimum Gasteiger partial charge on any atom is -0.463 e. The van der Waals surface area contributed by atoms with Gasteiger partial charge in [-0.2, -0.15) is 0 Å². The van der Waals surface area contributed by atoms with Crippen molar-refractivity contribution in [3.05, 3.63) is 64.8 Å². The molecule has 0 N–H and O–H groups in total. The number of rotatable bonds is 5. The third kappa shape index (κ3) is 3.53. The van der Waals surface area contributed by atoms with E-state index in [0.29, 0.717) is 6.61 Å². The quantitative estimate of drug-likeness (QED) is 0.405. The number of fused-ring (bicyclic) bond motifs is 5. The fourth-order valence-electron chi connectivity index (χ4n) is 3.95. The van der Waals surface area contributed by atoms with Crippen molar-refractivity contribution in [1.29, 1.82) is 0 Å². The van der Waals surface area contributed by atoms with E-state index in [9.17, 15) is 4.79 Å². The Morgan fingerprint density at radius 2 is 1.96 bits per heavy atom. The average molecular weight is 322 g/mol. The summed E-state index contributed by atoms with van der Waals surface area (Å²) < 4.78 is 4.91. The van der Waals surface area contributed by atoms with Gasteiger partial charge < -0.3 is 4.74 Å². The summed E-state index contributed by atoms with van der Waals surface area (Å²) in [6.45, 7) is 6.27. The number of carbonyl (C=O) groups is 1. The molecule has 1 saturated carbocycles. The first-order valence-corrected chi connectivity index (χ1v) is 8.92. The summed E-state index contributed by atoms with van der Waals surface area (Å²) in [7, 11) is 0. The summed E-state index contributed by atoms with van der Waals surface area (Å²) in [5.41, 5.74) is 6.62. The second kappa shape index (κ2) is 7.21. The molecule has 3 rings (SSSR count). The second-order valence-corrected chi connectivity index (χ2v) is 6.90. The van der Waals surface area contributed by atoms with E-state index < -0.39 is 0 Å². The molecule has 2 aliphatic rings. The molecule has 2 bridgehead atoms. The number of hydrogen-bond donors (Lipinski definition) is 0. The Labute approximate surface area is 144 Å². The standard InChI is InChI=1S/C22H26O2/c1-4-24-22(23)12-15(2)6-5-7-16(3)17-10-11-20-18-8-9-19(13-18)21(20)14-17/h5-7,10-12,14,18-19H,4,8-9,13H2,1-3H3. The van der Waals surface area contributed by atoms with E-state index in [-0.39, 0.29) is 5.97 Å². The molecule has 0 amide bonds. The smallest absolute Gasteiger partial charge is 0.330 e. The molecular formula is C22H26O2. The lowest BCUT2D eigenvalue weighted by molar-refractivity contribution is -0.137. The molecule has 2 heteroatoms. The van der Waals surface area contributed by atoms with Crippen molar-refractivity contribution in [3.8, 4) is 0 Å². The Morgan fingerprint density at radius 3 is 2.71 bits per heavy atom. The van der Waals surface area contributed by atoms with Gasteiger partial charge in [-0.25, -0.2) is 4.79 Å². The fraction of sp³-hybridized carbons (Fsp3) is 0.409. The topological polar surface area (TPSA) is 26.3 Å². The normalized spacial score (nSPS) is 23.0. The van der Waals surface area contributed by atoms with Crippen molar-refractivity contribution >= 4 is 11.5 Å². The van der Waals surface area contributed by atoms with Gasteiger partial charge in [0, 0.05) is 6.08 Å². The van der Waals surface area contributed by atoms with Crippen molar-refractivity contribution in [3.63, 3.8) is 0 Å². The first-order valence-electron chi connectivity index (χ1n) is 8.92. The largest absolute Gasteiger partial charge is 0.463 e. The average Bonchev–Trinajstić information content (AvgIpc) is 3.16. The predicted molar refractivity (Wildman–Crippen MR) is 99.0 cm³/mol. The van der Waals surface area contributed by atoms with Gasteiger partial charge in [0.15, 0.2) is 0 Å². The van der Waals surface area contributed by atoms with E-state index in [0.717, 1.165) is 17.4 Å². The highest BCUT2D eigenvalue weighted by molar-refractivity contribution is 5.83. The van der Waals surface area contributed by atoms with E-state index in [1.807, 2.05) is 26.0 Å². The molecule has 2 atom stereocenters. The first-order chi connectivity index (χ1) is 11.6. The van der Waals surface area contributed by atoms with E-state index in [1.165, 1.54) is 36.5 Å². The number of benzene rings is 1. The minimum absolute atomic E-state index is 0.283. The number of allylic oxidation sites excluding steroid dienone is 5. The SMILES string of the molecule is CCOC(=O)C=C(C)C=CC=C(C)c1ccc2c(c1)C1CCC2C1. The summed E-state index contributed by atoms with van der Waals surface area (Å²) in [4.78, 5) is 11.4. The summed E-state index contributed by atoms with van der Waals surface area (Å²) in [6.07, 6.45) is 11.7. The summed E-state index contributed by atoms with van der Waals surface area (Å²) in [5.74, 6) is 1.33. The first kappa shape index (κ1) is 16.8. The lowest BCUT2D eigenvalue weighted by Gasteiger charge is -2.16. The Bertz CT molecular complexity index is 721. The zero-order valence-electron chi connectivity index (χ0n) is 14.8. The third-order valence-electron chi connectivity index (χ3n) is 5.19. The summed E-state index contributed by atoms with van der Waals surface area (Å²) in [6, 6.07) is 6.97. The highest BCUT2D eigenvalue weighted by atomic mass is 16.5. The van der Waals surface area contributed by atoms with Crippen LogP contribution in [0.1, 0.15) is 68.6 Å². The molecular weight excluding hydrogens is 296 g/mol. The Kier molecular flexibility index (Phi) is 5.03. The Morgan fingerprint density at radius 1 is 1.21 bits per heavy atom. The summed E-state index contributed by atoms with van der Waals surface area (Å²) in [5, 5.41) is 0. The van der Waals surface area contributed by atoms with Crippen LogP contribution in [0, 0.1) is 0 Å². The van der Waals surface area contributed by atoms with E-state index >= 15 is 0 Å². The predicted octanol–water partition coefficient (Wildman–Crippen LogP) is 5.52. The molecule has 0 aromatic heterocycles. The van der Waals surface area contributed by atoms with Gasteiger partial charge in [0.1, 0.15) is 0 Å². The molecule has 1 aromatic rings. The van der Waals surface area contributed by atoms with Gasteiger partial charge in [0.2, 0.25) is 0 Å². The number of esters is 1. The van der Waals surface area contributed by atoms with Crippen LogP contribution in [0.4, 0.5) is 0 Å². The van der Waals surface area contributed by atoms with E-state index in [2.05, 4.69) is 31.2 Å². The highest BCUT2D eigenvalue weighted by Crippen LogP contribution is 2.53. The molecule has 2 nitrogen and oxygen atoms in total. The molecule has 2 unspecified atom stereocenters. The van der Waals surface area contributed by atoms with Crippen LogP contribution in [-0.2, 0) is 9.53 Å². The summed E-state index contributed by atoms with van der Waals surface area (Å²) >= 11 is 0. The molecule has 24 heavy (non-hydrogen) atoms. The van der Waals surface area contributed by atoms with Crippen LogP contribution in [0.3, 0.4) is 0 Å². The van der Waals surface area contributed by atoms with Gasteiger partial charge in [-0.1, -0.05) is 36.4 Å². The molecule has 1 aromatic carbocycles. The van der Waals surface area contributed by atoms with Gasteiger partial charge in [-0.05, 0) is 79.7 Å². The molecule has 0 heterocycles. The Hall–Kier alpha value is -2.09. The van der Waals surface area contributed by atoms with Crippen LogP contribution in [0.25, 0.3) is 5.57 Å². The van der Waals surface area contributed by atoms with Crippen molar-refractivity contribution in [2.75, 3.05) is 6.61 Å². The maximum Gasteiger partial charge on any atom is 0.330 e. The maximum absolute atomic E-state index is 11.4. The molecule has 126 valence electrons. The lowest BCUT2D eigenvalue weighted by Crippen LogP contribution is -1.99. The van der Waals surface area contributed by atoms with Crippen LogP contribution >= 0.6 is 0 Å². The molecule has 0 radical (unpaired) electrons. The fourth-order valence-corrected chi connectivity index (χ4v) is 3.95. The van der Waals surface area contributed by atoms with Gasteiger partial charge in [0.25, 0.3) is 0 Å². The van der Waals surface area contributed by atoms with Crippen molar-refractivity contribution in [2.45, 2.75) is 51.9 Å². The number of hydrogen-bond acceptors (Lipinski definition) is 2. The van der Waals surface area contributed by atoms with Crippen LogP contribution < -0.4 is 0 Å². The van der Waals surface area contributed by atoms with Gasteiger partial charge in [-0.15, -0.1) is 0 Å². The third-order valence-corrected chi connectivity index (χ3v) is 5.19. The zero-order valence-corrected chi connectivity index (χ0v) is 14.8. The molecule has 1 fully saturated rings. The van der Waals surface area contributed by atoms with Crippen molar-refractivity contribution in [2.24, 2.45) is 0 Å². The van der Waals surface area contributed by atoms with Crippen molar-refractivity contribution in [1.82, 2.24) is 0 Å². The molecule has 0 aliphatic heterocycles. The minimum atomic E-state index is -0.283. The molecule has 0 saturated heterocycles.